The first-order chi connectivity index (χ1) is 8.86. The third-order valence-corrected chi connectivity index (χ3v) is 3.69. The fourth-order valence-electron chi connectivity index (χ4n) is 1.26. The number of aliphatic carboxylic acids is 1. The zero-order valence-electron chi connectivity index (χ0n) is 9.74. The van der Waals surface area contributed by atoms with Crippen LogP contribution in [-0.4, -0.2) is 31.0 Å². The number of rotatable bonds is 5. The number of carbonyl (C=O) groups is 2. The molecule has 1 aromatic rings. The summed E-state index contributed by atoms with van der Waals surface area (Å²) in [5, 5.41) is 8.38. The van der Waals surface area contributed by atoms with Crippen LogP contribution >= 0.6 is 0 Å². The SMILES string of the molecule is C#CCS(=O)(=O)c1ccc(C(=O)/C=C/C(=O)O)cc1. The number of sulfone groups is 1. The Hall–Kier alpha value is -2.39. The van der Waals surface area contributed by atoms with E-state index in [-0.39, 0.29) is 10.5 Å². The average Bonchev–Trinajstić information content (AvgIpc) is 2.36. The Balaban J connectivity index is 2.98. The Morgan fingerprint density at radius 3 is 2.26 bits per heavy atom. The van der Waals surface area contributed by atoms with Crippen LogP contribution in [0.1, 0.15) is 10.4 Å². The summed E-state index contributed by atoms with van der Waals surface area (Å²) in [6.07, 6.45) is 6.56. The lowest BCUT2D eigenvalue weighted by atomic mass is 10.1. The Morgan fingerprint density at radius 1 is 1.21 bits per heavy atom. The van der Waals surface area contributed by atoms with Crippen LogP contribution in [0.3, 0.4) is 0 Å². The van der Waals surface area contributed by atoms with Crippen molar-refractivity contribution < 1.29 is 23.1 Å². The summed E-state index contributed by atoms with van der Waals surface area (Å²) >= 11 is 0. The normalized spacial score (nSPS) is 11.1. The highest BCUT2D eigenvalue weighted by atomic mass is 32.2. The molecule has 0 aromatic heterocycles. The van der Waals surface area contributed by atoms with Crippen molar-refractivity contribution in [1.82, 2.24) is 0 Å². The Morgan fingerprint density at radius 2 is 1.79 bits per heavy atom. The predicted molar refractivity (Wildman–Crippen MR) is 68.4 cm³/mol. The molecule has 0 saturated heterocycles. The fraction of sp³-hybridized carbons (Fsp3) is 0.0769. The van der Waals surface area contributed by atoms with Crippen LogP contribution in [0.2, 0.25) is 0 Å². The molecule has 1 N–H and O–H groups in total. The van der Waals surface area contributed by atoms with E-state index in [2.05, 4.69) is 0 Å². The van der Waals surface area contributed by atoms with Gasteiger partial charge in [-0.05, 0) is 30.3 Å². The number of benzene rings is 1. The summed E-state index contributed by atoms with van der Waals surface area (Å²) in [6, 6.07) is 5.12. The number of carboxylic acids is 1. The van der Waals surface area contributed by atoms with Gasteiger partial charge >= 0.3 is 5.97 Å². The number of carboxylic acid groups (broad SMARTS) is 1. The molecule has 0 radical (unpaired) electrons. The molecule has 1 rings (SSSR count). The standard InChI is InChI=1S/C13H10O5S/c1-2-9-19(17,18)11-5-3-10(4-6-11)12(14)7-8-13(15)16/h1,3-8H,9H2,(H,15,16)/b8-7+. The van der Waals surface area contributed by atoms with Crippen molar-refractivity contribution in [2.45, 2.75) is 4.90 Å². The van der Waals surface area contributed by atoms with Gasteiger partial charge in [-0.2, -0.15) is 0 Å². The van der Waals surface area contributed by atoms with Gasteiger partial charge in [-0.1, -0.05) is 5.92 Å². The van der Waals surface area contributed by atoms with Crippen molar-refractivity contribution in [3.8, 4) is 12.3 Å². The number of hydrogen-bond acceptors (Lipinski definition) is 4. The maximum atomic E-state index is 11.6. The monoisotopic (exact) mass is 278 g/mol. The van der Waals surface area contributed by atoms with E-state index >= 15 is 0 Å². The second kappa shape index (κ2) is 5.98. The lowest BCUT2D eigenvalue weighted by molar-refractivity contribution is -0.131. The van der Waals surface area contributed by atoms with Crippen molar-refractivity contribution in [1.29, 1.82) is 0 Å². The van der Waals surface area contributed by atoms with E-state index in [9.17, 15) is 18.0 Å². The first-order valence-corrected chi connectivity index (χ1v) is 6.73. The number of allylic oxidation sites excluding steroid dienone is 1. The number of hydrogen-bond donors (Lipinski definition) is 1. The summed E-state index contributed by atoms with van der Waals surface area (Å²) in [6.45, 7) is 0. The Kier molecular flexibility index (Phi) is 4.62. The molecule has 1 aromatic carbocycles. The summed E-state index contributed by atoms with van der Waals surface area (Å²) in [7, 11) is -3.54. The molecular formula is C13H10O5S. The third kappa shape index (κ3) is 4.08. The molecule has 6 heteroatoms. The van der Waals surface area contributed by atoms with Crippen LogP contribution in [0.5, 0.6) is 0 Å². The molecule has 19 heavy (non-hydrogen) atoms. The van der Waals surface area contributed by atoms with E-state index in [4.69, 9.17) is 11.5 Å². The molecule has 0 aliphatic rings. The molecule has 5 nitrogen and oxygen atoms in total. The van der Waals surface area contributed by atoms with Crippen molar-refractivity contribution in [3.63, 3.8) is 0 Å². The van der Waals surface area contributed by atoms with Crippen molar-refractivity contribution in [2.75, 3.05) is 5.75 Å². The van der Waals surface area contributed by atoms with Crippen LogP contribution < -0.4 is 0 Å². The summed E-state index contributed by atoms with van der Waals surface area (Å²) in [5.74, 6) is -0.132. The van der Waals surface area contributed by atoms with Crippen molar-refractivity contribution >= 4 is 21.6 Å². The zero-order chi connectivity index (χ0) is 14.5. The number of carbonyl (C=O) groups excluding carboxylic acids is 1. The van der Waals surface area contributed by atoms with Crippen LogP contribution in [0, 0.1) is 12.3 Å². The van der Waals surface area contributed by atoms with Gasteiger partial charge < -0.3 is 5.11 Å². The van der Waals surface area contributed by atoms with E-state index in [0.717, 1.165) is 6.08 Å². The first-order valence-electron chi connectivity index (χ1n) is 5.08. The quantitative estimate of drug-likeness (QED) is 0.491. The van der Waals surface area contributed by atoms with Gasteiger partial charge in [0.1, 0.15) is 5.75 Å². The van der Waals surface area contributed by atoms with Gasteiger partial charge in [0, 0.05) is 11.6 Å². The molecule has 0 fully saturated rings. The minimum absolute atomic E-state index is 0.0178. The zero-order valence-corrected chi connectivity index (χ0v) is 10.6. The number of ketones is 1. The van der Waals surface area contributed by atoms with Crippen LogP contribution in [-0.2, 0) is 14.6 Å². The van der Waals surface area contributed by atoms with E-state index in [1.807, 2.05) is 5.92 Å². The van der Waals surface area contributed by atoms with Gasteiger partial charge in [0.05, 0.1) is 4.90 Å². The van der Waals surface area contributed by atoms with Gasteiger partial charge in [-0.25, -0.2) is 13.2 Å². The predicted octanol–water partition coefficient (Wildman–Crippen LogP) is 0.917. The molecule has 0 aliphatic heterocycles. The van der Waals surface area contributed by atoms with E-state index < -0.39 is 27.3 Å². The summed E-state index contributed by atoms with van der Waals surface area (Å²) < 4.78 is 23.2. The van der Waals surface area contributed by atoms with E-state index in [1.54, 1.807) is 0 Å². The topological polar surface area (TPSA) is 88.5 Å². The molecule has 0 amide bonds. The summed E-state index contributed by atoms with van der Waals surface area (Å²) in [5.41, 5.74) is 0.192. The molecule has 98 valence electrons. The first kappa shape index (κ1) is 14.7. The lowest BCUT2D eigenvalue weighted by Gasteiger charge is -2.01. The highest BCUT2D eigenvalue weighted by Crippen LogP contribution is 2.13. The van der Waals surface area contributed by atoms with Crippen LogP contribution in [0.25, 0.3) is 0 Å². The Bertz CT molecular complexity index is 660. The third-order valence-electron chi connectivity index (χ3n) is 2.15. The molecule has 0 heterocycles. The molecule has 0 unspecified atom stereocenters. The molecule has 0 aliphatic carbocycles. The molecule has 0 atom stereocenters. The van der Waals surface area contributed by atoms with Gasteiger partial charge in [0.2, 0.25) is 0 Å². The molecular weight excluding hydrogens is 268 g/mol. The van der Waals surface area contributed by atoms with Crippen LogP contribution in [0.4, 0.5) is 0 Å². The highest BCUT2D eigenvalue weighted by molar-refractivity contribution is 7.91. The fourth-order valence-corrected chi connectivity index (χ4v) is 2.20. The largest absolute Gasteiger partial charge is 0.478 e. The van der Waals surface area contributed by atoms with Crippen molar-refractivity contribution in [3.05, 3.63) is 42.0 Å². The second-order valence-electron chi connectivity index (χ2n) is 3.52. The van der Waals surface area contributed by atoms with E-state index in [0.29, 0.717) is 6.08 Å². The minimum atomic E-state index is -3.54. The van der Waals surface area contributed by atoms with Gasteiger partial charge in [0.15, 0.2) is 15.6 Å². The molecule has 0 saturated carbocycles. The van der Waals surface area contributed by atoms with Gasteiger partial charge in [-0.15, -0.1) is 6.42 Å². The summed E-state index contributed by atoms with van der Waals surface area (Å²) in [4.78, 5) is 21.8. The van der Waals surface area contributed by atoms with Crippen LogP contribution in [0.15, 0.2) is 41.3 Å². The number of terminal acetylenes is 1. The Labute approximate surface area is 110 Å². The van der Waals surface area contributed by atoms with E-state index in [1.165, 1.54) is 24.3 Å². The molecule has 0 spiro atoms. The molecule has 0 bridgehead atoms. The smallest absolute Gasteiger partial charge is 0.328 e. The second-order valence-corrected chi connectivity index (χ2v) is 5.51. The van der Waals surface area contributed by atoms with Crippen molar-refractivity contribution in [2.24, 2.45) is 0 Å². The maximum absolute atomic E-state index is 11.6. The minimum Gasteiger partial charge on any atom is -0.478 e. The van der Waals surface area contributed by atoms with Gasteiger partial charge in [0.25, 0.3) is 0 Å². The highest BCUT2D eigenvalue weighted by Gasteiger charge is 2.13. The van der Waals surface area contributed by atoms with Gasteiger partial charge in [-0.3, -0.25) is 4.79 Å². The maximum Gasteiger partial charge on any atom is 0.328 e. The average molecular weight is 278 g/mol. The lowest BCUT2D eigenvalue weighted by Crippen LogP contribution is -2.05.